The Morgan fingerprint density at radius 3 is 1.52 bits per heavy atom. The molecule has 0 aliphatic rings. The van der Waals surface area contributed by atoms with E-state index in [1.54, 1.807) is 0 Å². The highest BCUT2D eigenvalue weighted by Gasteiger charge is 2.34. The summed E-state index contributed by atoms with van der Waals surface area (Å²) in [5.74, 6) is -3.70. The number of carbonyl (C=O) groups excluding carboxylic acids is 1. The van der Waals surface area contributed by atoms with Gasteiger partial charge in [0.15, 0.2) is 0 Å². The number of hydrogen-bond acceptors (Lipinski definition) is 6. The maximum absolute atomic E-state index is 11.6. The molecule has 0 saturated carbocycles. The number of unbranched alkanes of at least 4 members (excludes halogenated alkanes) is 15. The smallest absolute Gasteiger partial charge is 0.366 e. The molecule has 0 heterocycles. The normalized spacial score (nSPS) is 12.9. The summed E-state index contributed by atoms with van der Waals surface area (Å²) in [4.78, 5) is 11.6. The van der Waals surface area contributed by atoms with Gasteiger partial charge in [0.25, 0.3) is 5.79 Å². The molecule has 0 aromatic rings. The van der Waals surface area contributed by atoms with Crippen LogP contribution in [-0.4, -0.2) is 51.5 Å². The fourth-order valence-electron chi connectivity index (χ4n) is 3.36. The molecule has 0 saturated heterocycles. The van der Waals surface area contributed by atoms with E-state index in [9.17, 15) is 15.0 Å². The van der Waals surface area contributed by atoms with Gasteiger partial charge in [-0.2, -0.15) is 0 Å². The van der Waals surface area contributed by atoms with Crippen LogP contribution in [-0.2, 0) is 9.53 Å². The van der Waals surface area contributed by atoms with Gasteiger partial charge in [-0.15, -0.1) is 0 Å². The molecule has 0 aromatic heterocycles. The van der Waals surface area contributed by atoms with Gasteiger partial charge in [-0.25, -0.2) is 4.79 Å². The van der Waals surface area contributed by atoms with Gasteiger partial charge in [0.05, 0.1) is 6.61 Å². The molecule has 174 valence electrons. The standard InChI is InChI=1S/C23H46O6/c1-2-3-4-5-6-7-8-9-10-11-12-13-14-15-16-17-18-23(27,28)22(26)29-20-21(25)19-24/h21,24-25,27-28H,2-20H2,1H3. The van der Waals surface area contributed by atoms with Crippen molar-refractivity contribution in [2.75, 3.05) is 13.2 Å². The first-order valence-electron chi connectivity index (χ1n) is 11.8. The van der Waals surface area contributed by atoms with Crippen LogP contribution in [0.15, 0.2) is 0 Å². The van der Waals surface area contributed by atoms with Crippen LogP contribution in [0.5, 0.6) is 0 Å². The number of aliphatic hydroxyl groups excluding tert-OH is 2. The second-order valence-electron chi connectivity index (χ2n) is 8.30. The second-order valence-corrected chi connectivity index (χ2v) is 8.30. The van der Waals surface area contributed by atoms with Crippen molar-refractivity contribution in [2.24, 2.45) is 0 Å². The van der Waals surface area contributed by atoms with Gasteiger partial charge in [-0.05, 0) is 6.42 Å². The number of carbonyl (C=O) groups is 1. The maximum atomic E-state index is 11.6. The van der Waals surface area contributed by atoms with Crippen LogP contribution in [0.4, 0.5) is 0 Å². The number of aliphatic hydroxyl groups is 4. The summed E-state index contributed by atoms with van der Waals surface area (Å²) < 4.78 is 4.59. The van der Waals surface area contributed by atoms with Gasteiger partial charge in [-0.1, -0.05) is 103 Å². The predicted octanol–water partition coefficient (Wildman–Crippen LogP) is 4.22. The van der Waals surface area contributed by atoms with Crippen LogP contribution in [0.3, 0.4) is 0 Å². The molecule has 1 unspecified atom stereocenters. The molecular weight excluding hydrogens is 372 g/mol. The van der Waals surface area contributed by atoms with Crippen LogP contribution in [0.25, 0.3) is 0 Å². The van der Waals surface area contributed by atoms with E-state index < -0.39 is 31.1 Å². The topological polar surface area (TPSA) is 107 Å². The third kappa shape index (κ3) is 17.8. The molecule has 0 spiro atoms. The lowest BCUT2D eigenvalue weighted by Gasteiger charge is -2.20. The predicted molar refractivity (Wildman–Crippen MR) is 115 cm³/mol. The Morgan fingerprint density at radius 2 is 1.14 bits per heavy atom. The fourth-order valence-corrected chi connectivity index (χ4v) is 3.36. The Hall–Kier alpha value is -0.690. The molecule has 0 amide bonds. The third-order valence-corrected chi connectivity index (χ3v) is 5.32. The van der Waals surface area contributed by atoms with Gasteiger partial charge < -0.3 is 25.2 Å². The van der Waals surface area contributed by atoms with E-state index in [0.29, 0.717) is 6.42 Å². The average Bonchev–Trinajstić information content (AvgIpc) is 2.71. The Kier molecular flexibility index (Phi) is 18.8. The summed E-state index contributed by atoms with van der Waals surface area (Å²) in [6.45, 7) is 1.26. The SMILES string of the molecule is CCCCCCCCCCCCCCCCCCC(O)(O)C(=O)OCC(O)CO. The first-order chi connectivity index (χ1) is 13.9. The van der Waals surface area contributed by atoms with E-state index in [0.717, 1.165) is 19.3 Å². The zero-order chi connectivity index (χ0) is 21.8. The summed E-state index contributed by atoms with van der Waals surface area (Å²) in [6.07, 6.45) is 18.3. The Bertz CT molecular complexity index is 372. The zero-order valence-electron chi connectivity index (χ0n) is 18.6. The summed E-state index contributed by atoms with van der Waals surface area (Å²) in [5, 5.41) is 37.2. The highest BCUT2D eigenvalue weighted by Crippen LogP contribution is 2.17. The largest absolute Gasteiger partial charge is 0.459 e. The first-order valence-corrected chi connectivity index (χ1v) is 11.8. The molecule has 0 aromatic carbocycles. The summed E-state index contributed by atoms with van der Waals surface area (Å²) >= 11 is 0. The van der Waals surface area contributed by atoms with Gasteiger partial charge in [0.2, 0.25) is 0 Å². The highest BCUT2D eigenvalue weighted by molar-refractivity contribution is 5.77. The van der Waals surface area contributed by atoms with Crippen molar-refractivity contribution in [3.8, 4) is 0 Å². The Morgan fingerprint density at radius 1 is 0.759 bits per heavy atom. The molecule has 0 rings (SSSR count). The molecule has 29 heavy (non-hydrogen) atoms. The van der Waals surface area contributed by atoms with Crippen LogP contribution >= 0.6 is 0 Å². The average molecular weight is 419 g/mol. The van der Waals surface area contributed by atoms with E-state index in [4.69, 9.17) is 10.2 Å². The zero-order valence-corrected chi connectivity index (χ0v) is 18.6. The Labute approximate surface area is 177 Å². The fraction of sp³-hybridized carbons (Fsp3) is 0.957. The number of hydrogen-bond donors (Lipinski definition) is 4. The highest BCUT2D eigenvalue weighted by atomic mass is 16.6. The number of esters is 1. The summed E-state index contributed by atoms with van der Waals surface area (Å²) in [7, 11) is 0. The molecule has 1 atom stereocenters. The lowest BCUT2D eigenvalue weighted by Crippen LogP contribution is -2.41. The quantitative estimate of drug-likeness (QED) is 0.126. The van der Waals surface area contributed by atoms with Gasteiger partial charge in [0, 0.05) is 6.42 Å². The van der Waals surface area contributed by atoms with Gasteiger partial charge in [0.1, 0.15) is 12.7 Å². The molecule has 6 nitrogen and oxygen atoms in total. The molecule has 0 fully saturated rings. The summed E-state index contributed by atoms with van der Waals surface area (Å²) in [5.41, 5.74) is 0. The first kappa shape index (κ1) is 28.3. The van der Waals surface area contributed by atoms with E-state index >= 15 is 0 Å². The minimum atomic E-state index is -2.52. The van der Waals surface area contributed by atoms with Gasteiger partial charge in [-0.3, -0.25) is 0 Å². The van der Waals surface area contributed by atoms with E-state index in [1.165, 1.54) is 77.0 Å². The van der Waals surface area contributed by atoms with Crippen molar-refractivity contribution in [3.63, 3.8) is 0 Å². The summed E-state index contributed by atoms with van der Waals surface area (Å²) in [6, 6.07) is 0. The lowest BCUT2D eigenvalue weighted by atomic mass is 10.0. The van der Waals surface area contributed by atoms with Crippen molar-refractivity contribution in [3.05, 3.63) is 0 Å². The Balaban J connectivity index is 3.40. The number of rotatable bonds is 21. The number of ether oxygens (including phenoxy) is 1. The van der Waals surface area contributed by atoms with E-state index in [-0.39, 0.29) is 6.42 Å². The molecule has 6 heteroatoms. The lowest BCUT2D eigenvalue weighted by molar-refractivity contribution is -0.214. The van der Waals surface area contributed by atoms with E-state index in [2.05, 4.69) is 11.7 Å². The van der Waals surface area contributed by atoms with Crippen molar-refractivity contribution < 1.29 is 30.0 Å². The minimum Gasteiger partial charge on any atom is -0.459 e. The third-order valence-electron chi connectivity index (χ3n) is 5.32. The van der Waals surface area contributed by atoms with Crippen molar-refractivity contribution in [1.82, 2.24) is 0 Å². The van der Waals surface area contributed by atoms with Crippen molar-refractivity contribution in [2.45, 2.75) is 128 Å². The second kappa shape index (κ2) is 19.3. The molecule has 0 bridgehead atoms. The van der Waals surface area contributed by atoms with Crippen molar-refractivity contribution in [1.29, 1.82) is 0 Å². The van der Waals surface area contributed by atoms with Crippen molar-refractivity contribution >= 4 is 5.97 Å². The van der Waals surface area contributed by atoms with Crippen LogP contribution in [0, 0.1) is 0 Å². The monoisotopic (exact) mass is 418 g/mol. The molecule has 0 aliphatic heterocycles. The molecule has 0 aliphatic carbocycles. The minimum absolute atomic E-state index is 0.0838. The molecule has 0 radical (unpaired) electrons. The van der Waals surface area contributed by atoms with E-state index in [1.807, 2.05) is 0 Å². The van der Waals surface area contributed by atoms with Crippen LogP contribution in [0.1, 0.15) is 116 Å². The van der Waals surface area contributed by atoms with Crippen LogP contribution in [0.2, 0.25) is 0 Å². The molecular formula is C23H46O6. The van der Waals surface area contributed by atoms with Crippen LogP contribution < -0.4 is 0 Å². The van der Waals surface area contributed by atoms with Gasteiger partial charge >= 0.3 is 5.97 Å². The maximum Gasteiger partial charge on any atom is 0.366 e. The molecule has 4 N–H and O–H groups in total.